The van der Waals surface area contributed by atoms with Crippen LogP contribution < -0.4 is 5.32 Å². The van der Waals surface area contributed by atoms with E-state index in [1.807, 2.05) is 13.8 Å². The van der Waals surface area contributed by atoms with Crippen LogP contribution in [0.3, 0.4) is 0 Å². The lowest BCUT2D eigenvalue weighted by Crippen LogP contribution is -2.41. The molecule has 4 heteroatoms. The van der Waals surface area contributed by atoms with E-state index in [9.17, 15) is 0 Å². The third-order valence-electron chi connectivity index (χ3n) is 1.65. The van der Waals surface area contributed by atoms with E-state index in [1.165, 1.54) is 0 Å². The fourth-order valence-electron chi connectivity index (χ4n) is 0.711. The van der Waals surface area contributed by atoms with Crippen LogP contribution in [0.4, 0.5) is 0 Å². The van der Waals surface area contributed by atoms with Gasteiger partial charge in [-0.15, -0.1) is 0 Å². The predicted octanol–water partition coefficient (Wildman–Crippen LogP) is 0.535. The zero-order chi connectivity index (χ0) is 9.03. The van der Waals surface area contributed by atoms with Crippen molar-refractivity contribution in [3.8, 4) is 0 Å². The van der Waals surface area contributed by atoms with Gasteiger partial charge in [-0.2, -0.15) is 0 Å². The first-order valence-corrected chi connectivity index (χ1v) is 3.88. The van der Waals surface area contributed by atoms with Gasteiger partial charge in [-0.3, -0.25) is 0 Å². The van der Waals surface area contributed by atoms with Gasteiger partial charge < -0.3 is 14.9 Å². The molecule has 0 saturated carbocycles. The van der Waals surface area contributed by atoms with Gasteiger partial charge in [0.25, 0.3) is 0 Å². The number of hydrogen-bond acceptors (Lipinski definition) is 4. The van der Waals surface area contributed by atoms with Gasteiger partial charge in [0.15, 0.2) is 0 Å². The molecule has 0 spiro atoms. The molecule has 1 aromatic heterocycles. The molecule has 12 heavy (non-hydrogen) atoms. The van der Waals surface area contributed by atoms with Gasteiger partial charge in [0.1, 0.15) is 6.26 Å². The van der Waals surface area contributed by atoms with Crippen molar-refractivity contribution in [3.63, 3.8) is 0 Å². The number of aromatic nitrogens is 1. The van der Waals surface area contributed by atoms with Gasteiger partial charge in [0.2, 0.25) is 0 Å². The minimum Gasteiger partial charge on any atom is -0.394 e. The maximum atomic E-state index is 8.92. The zero-order valence-corrected chi connectivity index (χ0v) is 7.37. The van der Waals surface area contributed by atoms with E-state index >= 15 is 0 Å². The first-order valence-electron chi connectivity index (χ1n) is 3.88. The predicted molar refractivity (Wildman–Crippen MR) is 44.5 cm³/mol. The third-order valence-corrected chi connectivity index (χ3v) is 1.65. The van der Waals surface area contributed by atoms with Crippen molar-refractivity contribution >= 4 is 0 Å². The lowest BCUT2D eigenvalue weighted by atomic mass is 10.1. The number of nitrogens with zero attached hydrogens (tertiary/aromatic N) is 1. The molecule has 0 amide bonds. The normalized spacial score (nSPS) is 11.9. The second-order valence-corrected chi connectivity index (χ2v) is 3.43. The van der Waals surface area contributed by atoms with Crippen LogP contribution in [0.15, 0.2) is 17.0 Å². The lowest BCUT2D eigenvalue weighted by Gasteiger charge is -2.22. The molecule has 0 aliphatic rings. The van der Waals surface area contributed by atoms with Crippen molar-refractivity contribution in [1.82, 2.24) is 10.5 Å². The third kappa shape index (κ3) is 2.64. The number of aliphatic hydroxyl groups excluding tert-OH is 1. The molecular weight excluding hydrogens is 156 g/mol. The number of rotatable bonds is 4. The Morgan fingerprint density at radius 2 is 2.42 bits per heavy atom. The first-order chi connectivity index (χ1) is 5.64. The van der Waals surface area contributed by atoms with Crippen LogP contribution in [0.2, 0.25) is 0 Å². The highest BCUT2D eigenvalue weighted by Gasteiger charge is 2.14. The molecule has 0 atom stereocenters. The van der Waals surface area contributed by atoms with E-state index in [2.05, 4.69) is 15.0 Å². The Morgan fingerprint density at radius 1 is 1.67 bits per heavy atom. The highest BCUT2D eigenvalue weighted by Crippen LogP contribution is 2.03. The van der Waals surface area contributed by atoms with Crippen LogP contribution in [-0.2, 0) is 6.54 Å². The standard InChI is InChI=1S/C8H14N2O2/c1-8(2,6-11)9-3-7-4-10-12-5-7/h4-5,9,11H,3,6H2,1-2H3. The van der Waals surface area contributed by atoms with Crippen molar-refractivity contribution in [3.05, 3.63) is 18.0 Å². The molecule has 2 N–H and O–H groups in total. The molecule has 0 aliphatic heterocycles. The van der Waals surface area contributed by atoms with Gasteiger partial charge in [0.05, 0.1) is 12.8 Å². The van der Waals surface area contributed by atoms with Gasteiger partial charge >= 0.3 is 0 Å². The summed E-state index contributed by atoms with van der Waals surface area (Å²) >= 11 is 0. The minimum absolute atomic E-state index is 0.109. The molecule has 0 aromatic carbocycles. The molecule has 0 radical (unpaired) electrons. The molecule has 0 bridgehead atoms. The minimum atomic E-state index is -0.253. The SMILES string of the molecule is CC(C)(CO)NCc1cnoc1. The molecule has 0 aliphatic carbocycles. The smallest absolute Gasteiger partial charge is 0.128 e. The van der Waals surface area contributed by atoms with Crippen LogP contribution in [0, 0.1) is 0 Å². The summed E-state index contributed by atoms with van der Waals surface area (Å²) in [5.41, 5.74) is 0.730. The van der Waals surface area contributed by atoms with E-state index in [4.69, 9.17) is 5.11 Å². The van der Waals surface area contributed by atoms with Gasteiger partial charge in [0, 0.05) is 17.6 Å². The second-order valence-electron chi connectivity index (χ2n) is 3.43. The Bertz CT molecular complexity index is 219. The lowest BCUT2D eigenvalue weighted by molar-refractivity contribution is 0.187. The maximum Gasteiger partial charge on any atom is 0.128 e. The van der Waals surface area contributed by atoms with Crippen molar-refractivity contribution in [2.75, 3.05) is 6.61 Å². The number of hydrogen-bond donors (Lipinski definition) is 2. The van der Waals surface area contributed by atoms with Gasteiger partial charge in [-0.1, -0.05) is 5.16 Å². The largest absolute Gasteiger partial charge is 0.394 e. The van der Waals surface area contributed by atoms with E-state index in [1.54, 1.807) is 12.5 Å². The fraction of sp³-hybridized carbons (Fsp3) is 0.625. The Kier molecular flexibility index (Phi) is 2.83. The topological polar surface area (TPSA) is 58.3 Å². The highest BCUT2D eigenvalue weighted by molar-refractivity contribution is 5.00. The highest BCUT2D eigenvalue weighted by atomic mass is 16.5. The number of aliphatic hydroxyl groups is 1. The van der Waals surface area contributed by atoms with Gasteiger partial charge in [-0.25, -0.2) is 0 Å². The summed E-state index contributed by atoms with van der Waals surface area (Å²) in [4.78, 5) is 0. The van der Waals surface area contributed by atoms with E-state index in [0.717, 1.165) is 5.56 Å². The van der Waals surface area contributed by atoms with Crippen molar-refractivity contribution < 1.29 is 9.63 Å². The van der Waals surface area contributed by atoms with Crippen LogP contribution in [0.25, 0.3) is 0 Å². The van der Waals surface area contributed by atoms with Crippen LogP contribution >= 0.6 is 0 Å². The Morgan fingerprint density at radius 3 is 2.92 bits per heavy atom. The fourth-order valence-corrected chi connectivity index (χ4v) is 0.711. The molecule has 1 rings (SSSR count). The second kappa shape index (κ2) is 3.69. The number of nitrogens with one attached hydrogen (secondary N) is 1. The van der Waals surface area contributed by atoms with E-state index < -0.39 is 0 Å². The molecule has 68 valence electrons. The molecule has 1 aromatic rings. The quantitative estimate of drug-likeness (QED) is 0.692. The average molecular weight is 170 g/mol. The molecule has 0 unspecified atom stereocenters. The zero-order valence-electron chi connectivity index (χ0n) is 7.37. The Labute approximate surface area is 71.6 Å². The summed E-state index contributed by atoms with van der Waals surface area (Å²) in [6.45, 7) is 4.64. The van der Waals surface area contributed by atoms with E-state index in [-0.39, 0.29) is 12.1 Å². The molecule has 4 nitrogen and oxygen atoms in total. The Balaban J connectivity index is 2.36. The summed E-state index contributed by atoms with van der Waals surface area (Å²) in [5, 5.41) is 15.7. The summed E-state index contributed by atoms with van der Waals surface area (Å²) in [6, 6.07) is 0. The van der Waals surface area contributed by atoms with Crippen molar-refractivity contribution in [1.29, 1.82) is 0 Å². The first kappa shape index (κ1) is 9.22. The summed E-state index contributed by atoms with van der Waals surface area (Å²) in [5.74, 6) is 0. The Hall–Kier alpha value is -0.870. The van der Waals surface area contributed by atoms with Crippen LogP contribution in [-0.4, -0.2) is 22.4 Å². The van der Waals surface area contributed by atoms with E-state index in [0.29, 0.717) is 6.54 Å². The van der Waals surface area contributed by atoms with Crippen LogP contribution in [0.1, 0.15) is 19.4 Å². The van der Waals surface area contributed by atoms with Crippen molar-refractivity contribution in [2.45, 2.75) is 25.9 Å². The molecular formula is C8H14N2O2. The maximum absolute atomic E-state index is 8.92. The monoisotopic (exact) mass is 170 g/mol. The average Bonchev–Trinajstić information content (AvgIpc) is 2.53. The summed E-state index contributed by atoms with van der Waals surface area (Å²) in [7, 11) is 0. The summed E-state index contributed by atoms with van der Waals surface area (Å²) in [6.07, 6.45) is 3.24. The molecule has 1 heterocycles. The molecule has 0 saturated heterocycles. The van der Waals surface area contributed by atoms with Crippen LogP contribution in [0.5, 0.6) is 0 Å². The van der Waals surface area contributed by atoms with Gasteiger partial charge in [-0.05, 0) is 13.8 Å². The molecule has 0 fully saturated rings. The van der Waals surface area contributed by atoms with Crippen molar-refractivity contribution in [2.24, 2.45) is 0 Å². The summed E-state index contributed by atoms with van der Waals surface area (Å²) < 4.78 is 4.66.